The number of carbonyl (C=O) groups excluding carboxylic acids is 2. The predicted molar refractivity (Wildman–Crippen MR) is 255 cm³/mol. The maximum atomic E-state index is 13.7. The van der Waals surface area contributed by atoms with E-state index in [0.717, 1.165) is 19.2 Å². The molecule has 0 aliphatic heterocycles. The molecule has 83 heavy (non-hydrogen) atoms. The van der Waals surface area contributed by atoms with E-state index in [1.807, 2.05) is 0 Å². The molecule has 6 aromatic rings. The molecule has 0 saturated carbocycles. The second kappa shape index (κ2) is 28.6. The van der Waals surface area contributed by atoms with Gasteiger partial charge in [-0.15, -0.1) is 22.7 Å². The van der Waals surface area contributed by atoms with Crippen LogP contribution in [0.5, 0.6) is 23.5 Å². The quantitative estimate of drug-likeness (QED) is 0.0503. The predicted octanol–water partition coefficient (Wildman–Crippen LogP) is 13.3. The van der Waals surface area contributed by atoms with Crippen LogP contribution in [-0.4, -0.2) is 110 Å². The van der Waals surface area contributed by atoms with E-state index < -0.39 is 141 Å². The fraction of sp³-hybridized carbons (Fsp3) is 0.348. The van der Waals surface area contributed by atoms with Crippen molar-refractivity contribution < 1.29 is 122 Å². The molecule has 2 aromatic carbocycles. The minimum atomic E-state index is -4.88. The van der Waals surface area contributed by atoms with Gasteiger partial charge in [-0.25, -0.2) is 19.4 Å². The van der Waals surface area contributed by atoms with Crippen LogP contribution >= 0.6 is 22.7 Å². The number of rotatable bonds is 22. The molecule has 37 heteroatoms. The summed E-state index contributed by atoms with van der Waals surface area (Å²) in [4.78, 5) is 41.0. The largest absolute Gasteiger partial charge is 0.468 e. The highest BCUT2D eigenvalue weighted by Gasteiger charge is 2.38. The fourth-order valence-corrected chi connectivity index (χ4v) is 7.47. The molecule has 0 aliphatic carbocycles. The number of hydrogen-bond donors (Lipinski definition) is 1. The van der Waals surface area contributed by atoms with Gasteiger partial charge in [0, 0.05) is 7.11 Å². The van der Waals surface area contributed by atoms with Crippen molar-refractivity contribution >= 4 is 56.6 Å². The van der Waals surface area contributed by atoms with E-state index in [9.17, 15) is 88.6 Å². The zero-order valence-corrected chi connectivity index (χ0v) is 43.2. The van der Waals surface area contributed by atoms with Crippen molar-refractivity contribution in [2.45, 2.75) is 50.3 Å². The molecule has 4 aromatic heterocycles. The van der Waals surface area contributed by atoms with Gasteiger partial charge >= 0.3 is 49.1 Å². The number of hydrogen-bond acceptors (Lipinski definition) is 15. The highest BCUT2D eigenvalue weighted by atomic mass is 32.1. The lowest BCUT2D eigenvalue weighted by molar-refractivity contribution is -0.155. The van der Waals surface area contributed by atoms with Crippen molar-refractivity contribution in [2.75, 3.05) is 73.7 Å². The van der Waals surface area contributed by atoms with Crippen LogP contribution in [0.3, 0.4) is 0 Å². The number of amides is 4. The van der Waals surface area contributed by atoms with Gasteiger partial charge in [0.15, 0.2) is 26.4 Å². The number of methoxy groups -OCH3 is 1. The Morgan fingerprint density at radius 2 is 0.843 bits per heavy atom. The Morgan fingerprint density at radius 3 is 1.20 bits per heavy atom. The smallest absolute Gasteiger partial charge is 0.425 e. The number of aromatic nitrogens is 4. The van der Waals surface area contributed by atoms with Crippen molar-refractivity contribution in [3.05, 3.63) is 118 Å². The molecule has 0 saturated heterocycles. The van der Waals surface area contributed by atoms with Gasteiger partial charge in [0.1, 0.15) is 34.9 Å². The van der Waals surface area contributed by atoms with E-state index in [0.29, 0.717) is 50.1 Å². The molecule has 1 N–H and O–H groups in total. The first-order valence-electron chi connectivity index (χ1n) is 22.4. The maximum absolute atomic E-state index is 13.7. The first-order valence-corrected chi connectivity index (χ1v) is 24.1. The first kappa shape index (κ1) is 66.2. The Labute approximate surface area is 462 Å². The highest BCUT2D eigenvalue weighted by molar-refractivity contribution is 7.16. The number of thiophene rings is 2. The van der Waals surface area contributed by atoms with Crippen LogP contribution in [0.25, 0.3) is 0 Å². The lowest BCUT2D eigenvalue weighted by atomic mass is 10.2. The summed E-state index contributed by atoms with van der Waals surface area (Å²) in [7, 11) is 1.12. The standard InChI is InChI=1S/C24H21F9N4O5S.C22H17F9N4O4S/c1-39-13-36(19-8-7-16(43-19)24(31,32)33)21(38)37(14-40-10-15-5-3-2-4-6-15)20-34-17(41-11-22(25,26)27)9-18(35-20)42-12-23(28,29)30;23-20(24,25)10-38-15-8-16(39-11-21(26,27)28)33-18(32-15)35(12-37-9-13-4-2-1-3-5-13)19(36)34-17-7-6-14(40-17)22(29,30)31/h2-9H,10-14H2,1H3;1-8H,9-12H2,(H,34,36). The number of carbonyl (C=O) groups is 2. The van der Waals surface area contributed by atoms with Crippen LogP contribution in [0.15, 0.2) is 97.1 Å². The molecule has 454 valence electrons. The van der Waals surface area contributed by atoms with Gasteiger partial charge in [-0.3, -0.25) is 10.2 Å². The van der Waals surface area contributed by atoms with Crippen LogP contribution in [0.1, 0.15) is 20.9 Å². The zero-order valence-electron chi connectivity index (χ0n) is 41.5. The Kier molecular flexibility index (Phi) is 22.8. The Morgan fingerprint density at radius 1 is 0.470 bits per heavy atom. The van der Waals surface area contributed by atoms with Crippen molar-refractivity contribution in [1.82, 2.24) is 19.9 Å². The summed E-state index contributed by atoms with van der Waals surface area (Å²) in [5, 5.41) is 1.58. The minimum absolute atomic E-state index is 0.121. The second-order valence-corrected chi connectivity index (χ2v) is 18.1. The van der Waals surface area contributed by atoms with Gasteiger partial charge in [0.2, 0.25) is 35.4 Å². The number of halogens is 18. The molecule has 4 heterocycles. The van der Waals surface area contributed by atoms with E-state index in [-0.39, 0.29) is 45.9 Å². The fourth-order valence-electron chi connectivity index (χ4n) is 5.85. The van der Waals surface area contributed by atoms with E-state index >= 15 is 0 Å². The third-order valence-electron chi connectivity index (χ3n) is 9.23. The summed E-state index contributed by atoms with van der Waals surface area (Å²) in [6.07, 6.45) is -28.9. The monoisotopic (exact) mass is 1250 g/mol. The lowest BCUT2D eigenvalue weighted by Gasteiger charge is -2.28. The molecule has 0 bridgehead atoms. The molecule has 0 aliphatic rings. The third-order valence-corrected chi connectivity index (χ3v) is 11.4. The topological polar surface area (TPSA) is 172 Å². The molecule has 4 amide bonds. The van der Waals surface area contributed by atoms with Gasteiger partial charge in [-0.1, -0.05) is 60.7 Å². The number of nitrogens with one attached hydrogen (secondary N) is 1. The van der Waals surface area contributed by atoms with Crippen molar-refractivity contribution in [3.8, 4) is 23.5 Å². The van der Waals surface area contributed by atoms with E-state index in [1.54, 1.807) is 60.7 Å². The van der Waals surface area contributed by atoms with Gasteiger partial charge < -0.3 is 33.2 Å². The highest BCUT2D eigenvalue weighted by Crippen LogP contribution is 2.40. The number of nitrogens with zero attached hydrogens (tertiary/aromatic N) is 7. The molecule has 0 atom stereocenters. The number of ether oxygens (including phenoxy) is 7. The molecule has 0 radical (unpaired) electrons. The maximum Gasteiger partial charge on any atom is 0.425 e. The summed E-state index contributed by atoms with van der Waals surface area (Å²) in [6, 6.07) is 18.7. The molecule has 0 fully saturated rings. The Balaban J connectivity index is 0.000000305. The van der Waals surface area contributed by atoms with Crippen LogP contribution in [0.4, 0.5) is 111 Å². The SMILES string of the molecule is COCN(C(=O)N(COCc1ccccc1)c1nc(OCC(F)(F)F)cc(OCC(F)(F)F)n1)c1ccc(C(F)(F)F)s1.O=C(Nc1ccc(C(F)(F)F)s1)N(COCc1ccccc1)c1nc(OCC(F)(F)F)cc(OCC(F)(F)F)n1. The normalized spacial score (nSPS) is 12.2. The van der Waals surface area contributed by atoms with E-state index in [2.05, 4.69) is 44.2 Å². The van der Waals surface area contributed by atoms with E-state index in [4.69, 9.17) is 14.2 Å². The average Bonchev–Trinajstić information content (AvgIpc) is 3.94. The molecular formula is C46H38F18N8O9S2. The molecule has 0 spiro atoms. The van der Waals surface area contributed by atoms with Gasteiger partial charge in [-0.2, -0.15) is 99.0 Å². The molecule has 6 rings (SSSR count). The summed E-state index contributed by atoms with van der Waals surface area (Å²) < 4.78 is 265. The van der Waals surface area contributed by atoms with Crippen molar-refractivity contribution in [2.24, 2.45) is 0 Å². The first-order chi connectivity index (χ1) is 38.6. The zero-order chi connectivity index (χ0) is 61.4. The minimum Gasteiger partial charge on any atom is -0.468 e. The Hall–Kier alpha value is -7.64. The molecule has 17 nitrogen and oxygen atoms in total. The molecule has 0 unspecified atom stereocenters. The summed E-state index contributed by atoms with van der Waals surface area (Å²) >= 11 is 0.335. The van der Waals surface area contributed by atoms with Crippen LogP contribution in [-0.2, 0) is 39.8 Å². The summed E-state index contributed by atoms with van der Waals surface area (Å²) in [6.45, 7) is -10.0. The van der Waals surface area contributed by atoms with Crippen molar-refractivity contribution in [1.29, 1.82) is 0 Å². The number of alkyl halides is 18. The summed E-state index contributed by atoms with van der Waals surface area (Å²) in [5.74, 6) is -5.33. The lowest BCUT2D eigenvalue weighted by Crippen LogP contribution is -2.46. The van der Waals surface area contributed by atoms with Gasteiger partial charge in [0.05, 0.1) is 30.3 Å². The van der Waals surface area contributed by atoms with Crippen molar-refractivity contribution in [3.63, 3.8) is 0 Å². The number of benzene rings is 2. The Bertz CT molecular complexity index is 2930. The summed E-state index contributed by atoms with van der Waals surface area (Å²) in [5.41, 5.74) is 1.22. The van der Waals surface area contributed by atoms with Crippen LogP contribution in [0, 0.1) is 0 Å². The van der Waals surface area contributed by atoms with Gasteiger partial charge in [0.25, 0.3) is 0 Å². The average molecular weight is 1250 g/mol. The number of urea groups is 2. The van der Waals surface area contributed by atoms with E-state index in [1.165, 1.54) is 0 Å². The molecular weight excluding hydrogens is 1210 g/mol. The van der Waals surface area contributed by atoms with Gasteiger partial charge in [-0.05, 0) is 35.4 Å². The van der Waals surface area contributed by atoms with Crippen LogP contribution in [0.2, 0.25) is 0 Å². The second-order valence-electron chi connectivity index (χ2n) is 15.9. The van der Waals surface area contributed by atoms with Crippen LogP contribution < -0.4 is 39.0 Å². The number of anilines is 4. The third kappa shape index (κ3) is 23.3.